The van der Waals surface area contributed by atoms with Crippen LogP contribution in [0.4, 0.5) is 5.95 Å². The molecule has 9 heteroatoms. The predicted molar refractivity (Wildman–Crippen MR) is 159 cm³/mol. The summed E-state index contributed by atoms with van der Waals surface area (Å²) in [6.07, 6.45) is 9.26. The van der Waals surface area contributed by atoms with Crippen molar-refractivity contribution < 1.29 is 4.79 Å². The van der Waals surface area contributed by atoms with Gasteiger partial charge in [0.1, 0.15) is 18.2 Å². The number of hydrazine groups is 1. The molecule has 0 radical (unpaired) electrons. The van der Waals surface area contributed by atoms with Gasteiger partial charge in [-0.1, -0.05) is 73.5 Å². The zero-order chi connectivity index (χ0) is 27.6. The lowest BCUT2D eigenvalue weighted by atomic mass is 9.81. The Balaban J connectivity index is 0.941. The van der Waals surface area contributed by atoms with Crippen LogP contribution in [0.3, 0.4) is 0 Å². The normalized spacial score (nSPS) is 26.3. The van der Waals surface area contributed by atoms with E-state index in [1.165, 1.54) is 30.4 Å². The van der Waals surface area contributed by atoms with Gasteiger partial charge in [0.05, 0.1) is 0 Å². The highest BCUT2D eigenvalue weighted by Crippen LogP contribution is 2.45. The maximum Gasteiger partial charge on any atom is 0.243 e. The van der Waals surface area contributed by atoms with Gasteiger partial charge in [0.25, 0.3) is 0 Å². The summed E-state index contributed by atoms with van der Waals surface area (Å²) in [7, 11) is 0. The average molecular weight is 555 g/mol. The number of hydrogen-bond acceptors (Lipinski definition) is 7. The van der Waals surface area contributed by atoms with Gasteiger partial charge < -0.3 is 5.32 Å². The molecule has 0 bridgehead atoms. The van der Waals surface area contributed by atoms with Crippen molar-refractivity contribution in [3.05, 3.63) is 77.6 Å². The number of fused-ring (bicyclic) bond motifs is 6. The molecule has 3 fully saturated rings. The van der Waals surface area contributed by atoms with E-state index in [-0.39, 0.29) is 24.3 Å². The predicted octanol–water partition coefficient (Wildman–Crippen LogP) is 4.07. The second-order valence-electron chi connectivity index (χ2n) is 12.2. The minimum atomic E-state index is 0.0596. The third kappa shape index (κ3) is 5.63. The first-order chi connectivity index (χ1) is 20.2. The number of nitrogens with one attached hydrogen (secondary N) is 3. The Kier molecular flexibility index (Phi) is 7.74. The molecule has 7 rings (SSSR count). The van der Waals surface area contributed by atoms with Crippen molar-refractivity contribution in [2.75, 3.05) is 18.1 Å². The Morgan fingerprint density at radius 1 is 0.927 bits per heavy atom. The van der Waals surface area contributed by atoms with E-state index in [0.29, 0.717) is 18.4 Å². The largest absolute Gasteiger partial charge is 0.353 e. The zero-order valence-corrected chi connectivity index (χ0v) is 23.8. The lowest BCUT2D eigenvalue weighted by molar-refractivity contribution is -0.122. The molecule has 41 heavy (non-hydrogen) atoms. The highest BCUT2D eigenvalue weighted by atomic mass is 16.1. The van der Waals surface area contributed by atoms with Gasteiger partial charge in [-0.05, 0) is 43.2 Å². The van der Waals surface area contributed by atoms with Crippen LogP contribution in [0.15, 0.2) is 60.7 Å². The van der Waals surface area contributed by atoms with Gasteiger partial charge in [-0.15, -0.1) is 10.2 Å². The van der Waals surface area contributed by atoms with Crippen LogP contribution in [0.5, 0.6) is 0 Å². The second-order valence-corrected chi connectivity index (χ2v) is 12.2. The number of nitrogens with zero attached hydrogens (tertiary/aromatic N) is 5. The van der Waals surface area contributed by atoms with Gasteiger partial charge in [-0.3, -0.25) is 24.6 Å². The highest BCUT2D eigenvalue weighted by molar-refractivity contribution is 5.76. The molecule has 2 aromatic carbocycles. The molecule has 1 aliphatic carbocycles. The van der Waals surface area contributed by atoms with E-state index in [1.807, 2.05) is 0 Å². The first kappa shape index (κ1) is 26.6. The van der Waals surface area contributed by atoms with Crippen LogP contribution in [-0.2, 0) is 17.8 Å². The summed E-state index contributed by atoms with van der Waals surface area (Å²) in [6, 6.07) is 21.9. The van der Waals surface area contributed by atoms with Gasteiger partial charge in [0.15, 0.2) is 0 Å². The molecule has 216 valence electrons. The van der Waals surface area contributed by atoms with E-state index in [9.17, 15) is 4.79 Å². The molecule has 1 aromatic heterocycles. The second kappa shape index (κ2) is 11.9. The number of hydrogen-bond donors (Lipinski definition) is 3. The molecule has 4 atom stereocenters. The van der Waals surface area contributed by atoms with Gasteiger partial charge in [0.2, 0.25) is 11.9 Å². The molecule has 1 amide bonds. The fraction of sp³-hybridized carbons (Fsp3) is 0.531. The Morgan fingerprint density at radius 3 is 2.49 bits per heavy atom. The molecular formula is C32H42N8O. The molecule has 3 N–H and O–H groups in total. The van der Waals surface area contributed by atoms with Gasteiger partial charge in [-0.2, -0.15) is 0 Å². The number of benzene rings is 2. The molecule has 1 saturated carbocycles. The van der Waals surface area contributed by atoms with E-state index in [4.69, 9.17) is 0 Å². The van der Waals surface area contributed by atoms with Crippen LogP contribution in [0.25, 0.3) is 0 Å². The number of likely N-dealkylation sites (tertiary alicyclic amines) is 1. The fourth-order valence-electron chi connectivity index (χ4n) is 7.42. The SMILES string of the molecule is O=C(CCCc1nnc2n1C1CCCCC1C1NC(c3ccccc3)NN21)NC1CCN(Cc2ccccc2)CC1. The Labute approximate surface area is 242 Å². The van der Waals surface area contributed by atoms with Crippen molar-refractivity contribution in [2.45, 2.75) is 88.7 Å². The van der Waals surface area contributed by atoms with Crippen LogP contribution in [0.2, 0.25) is 0 Å². The van der Waals surface area contributed by atoms with Crippen LogP contribution < -0.4 is 21.1 Å². The van der Waals surface area contributed by atoms with Crippen molar-refractivity contribution in [3.63, 3.8) is 0 Å². The summed E-state index contributed by atoms with van der Waals surface area (Å²) in [5, 5.41) is 18.7. The first-order valence-electron chi connectivity index (χ1n) is 15.6. The zero-order valence-electron chi connectivity index (χ0n) is 23.8. The number of aryl methyl sites for hydroxylation is 1. The standard InChI is InChI=1S/C32H42N8O/c41-29(33-25-18-20-38(21-19-25)22-23-10-3-1-4-11-23)17-9-16-28-35-36-32-39(28)27-15-8-7-14-26(27)31-34-30(37-40(31)32)24-12-5-2-6-13-24/h1-6,10-13,25-27,30-31,34,37H,7-9,14-22H2,(H,33,41). The van der Waals surface area contributed by atoms with Crippen molar-refractivity contribution in [2.24, 2.45) is 5.92 Å². The lowest BCUT2D eigenvalue weighted by Crippen LogP contribution is -2.53. The van der Waals surface area contributed by atoms with Crippen LogP contribution >= 0.6 is 0 Å². The minimum absolute atomic E-state index is 0.0596. The molecule has 9 nitrogen and oxygen atoms in total. The maximum atomic E-state index is 12.9. The van der Waals surface area contributed by atoms with E-state index in [0.717, 1.165) is 63.5 Å². The van der Waals surface area contributed by atoms with E-state index in [2.05, 4.69) is 101 Å². The Hall–Kier alpha value is -3.27. The van der Waals surface area contributed by atoms with Crippen LogP contribution in [-0.4, -0.2) is 50.9 Å². The molecular weight excluding hydrogens is 512 g/mol. The summed E-state index contributed by atoms with van der Waals surface area (Å²) >= 11 is 0. The number of amides is 1. The highest BCUT2D eigenvalue weighted by Gasteiger charge is 2.48. The third-order valence-electron chi connectivity index (χ3n) is 9.51. The van der Waals surface area contributed by atoms with Crippen LogP contribution in [0.1, 0.15) is 80.5 Å². The minimum Gasteiger partial charge on any atom is -0.353 e. The number of rotatable bonds is 8. The summed E-state index contributed by atoms with van der Waals surface area (Å²) in [6.45, 7) is 3.04. The topological polar surface area (TPSA) is 90.3 Å². The quantitative estimate of drug-likeness (QED) is 0.387. The molecule has 2 saturated heterocycles. The van der Waals surface area contributed by atoms with E-state index >= 15 is 0 Å². The molecule has 3 aromatic rings. The third-order valence-corrected chi connectivity index (χ3v) is 9.51. The number of piperidine rings is 1. The summed E-state index contributed by atoms with van der Waals surface area (Å²) < 4.78 is 2.39. The fourth-order valence-corrected chi connectivity index (χ4v) is 7.42. The Bertz CT molecular complexity index is 1310. The summed E-state index contributed by atoms with van der Waals surface area (Å²) in [5.74, 6) is 2.59. The van der Waals surface area contributed by atoms with Crippen molar-refractivity contribution >= 4 is 11.9 Å². The molecule has 4 aliphatic rings. The maximum absolute atomic E-state index is 12.9. The number of aromatic nitrogens is 3. The van der Waals surface area contributed by atoms with E-state index < -0.39 is 0 Å². The molecule has 3 aliphatic heterocycles. The van der Waals surface area contributed by atoms with Gasteiger partial charge >= 0.3 is 0 Å². The average Bonchev–Trinajstić information content (AvgIpc) is 3.65. The molecule has 4 heterocycles. The van der Waals surface area contributed by atoms with Gasteiger partial charge in [-0.25, -0.2) is 5.43 Å². The molecule has 0 spiro atoms. The number of carbonyl (C=O) groups excluding carboxylic acids is 1. The molecule has 4 unspecified atom stereocenters. The van der Waals surface area contributed by atoms with Gasteiger partial charge in [0, 0.05) is 50.5 Å². The first-order valence-corrected chi connectivity index (χ1v) is 15.6. The van der Waals surface area contributed by atoms with Crippen molar-refractivity contribution in [1.29, 1.82) is 0 Å². The monoisotopic (exact) mass is 554 g/mol. The number of anilines is 1. The smallest absolute Gasteiger partial charge is 0.243 e. The van der Waals surface area contributed by atoms with E-state index in [1.54, 1.807) is 0 Å². The van der Waals surface area contributed by atoms with Crippen molar-refractivity contribution in [1.82, 2.24) is 35.7 Å². The lowest BCUT2D eigenvalue weighted by Gasteiger charge is -2.44. The summed E-state index contributed by atoms with van der Waals surface area (Å²) in [5.41, 5.74) is 6.26. The Morgan fingerprint density at radius 2 is 1.68 bits per heavy atom. The van der Waals surface area contributed by atoms with Crippen molar-refractivity contribution in [3.8, 4) is 0 Å². The van der Waals surface area contributed by atoms with Crippen LogP contribution in [0, 0.1) is 5.92 Å². The number of carbonyl (C=O) groups is 1. The summed E-state index contributed by atoms with van der Waals surface area (Å²) in [4.78, 5) is 15.3.